The van der Waals surface area contributed by atoms with E-state index >= 15 is 0 Å². The van der Waals surface area contributed by atoms with Crippen molar-refractivity contribution in [3.05, 3.63) is 41.7 Å². The van der Waals surface area contributed by atoms with Gasteiger partial charge in [0.2, 0.25) is 8.32 Å². The van der Waals surface area contributed by atoms with Crippen LogP contribution in [0.3, 0.4) is 0 Å². The highest BCUT2D eigenvalue weighted by Gasteiger charge is 2.48. The molecule has 3 rings (SSSR count). The zero-order valence-electron chi connectivity index (χ0n) is 14.0. The summed E-state index contributed by atoms with van der Waals surface area (Å²) in [5.74, 6) is 1.74. The average Bonchev–Trinajstić information content (AvgIpc) is 2.35. The number of ketones is 1. The topological polar surface area (TPSA) is 35.5 Å². The first-order valence-electron chi connectivity index (χ1n) is 7.88. The Hall–Kier alpha value is -1.55. The van der Waals surface area contributed by atoms with Crippen LogP contribution < -0.4 is 4.74 Å². The van der Waals surface area contributed by atoms with Crippen LogP contribution in [0.2, 0.25) is 19.6 Å². The highest BCUT2D eigenvalue weighted by atomic mass is 28.4. The summed E-state index contributed by atoms with van der Waals surface area (Å²) in [5, 5.41) is 0. The van der Waals surface area contributed by atoms with E-state index in [0.29, 0.717) is 17.7 Å². The van der Waals surface area contributed by atoms with Crippen molar-refractivity contribution in [1.82, 2.24) is 0 Å². The monoisotopic (exact) mass is 316 g/mol. The fraction of sp³-hybridized carbons (Fsp3) is 0.500. The van der Waals surface area contributed by atoms with Crippen molar-refractivity contribution < 1.29 is 14.0 Å². The van der Waals surface area contributed by atoms with E-state index in [9.17, 15) is 4.79 Å². The summed E-state index contributed by atoms with van der Waals surface area (Å²) in [5.41, 5.74) is 0.447. The van der Waals surface area contributed by atoms with Gasteiger partial charge in [-0.05, 0) is 43.3 Å². The molecule has 1 aliphatic carbocycles. The molecule has 0 spiro atoms. The van der Waals surface area contributed by atoms with Crippen LogP contribution in [0.5, 0.6) is 5.75 Å². The maximum absolute atomic E-state index is 12.9. The van der Waals surface area contributed by atoms with Crippen molar-refractivity contribution in [2.75, 3.05) is 0 Å². The van der Waals surface area contributed by atoms with Crippen LogP contribution in [0.4, 0.5) is 0 Å². The zero-order chi connectivity index (χ0) is 16.1. The summed E-state index contributed by atoms with van der Waals surface area (Å²) < 4.78 is 12.4. The third-order valence-corrected chi connectivity index (χ3v) is 5.13. The first-order valence-corrected chi connectivity index (χ1v) is 11.3. The lowest BCUT2D eigenvalue weighted by atomic mass is 9.66. The lowest BCUT2D eigenvalue weighted by Gasteiger charge is -2.44. The number of allylic oxidation sites excluding steroid dienone is 1. The van der Waals surface area contributed by atoms with Gasteiger partial charge in [-0.25, -0.2) is 0 Å². The normalized spacial score (nSPS) is 26.4. The van der Waals surface area contributed by atoms with Crippen molar-refractivity contribution >= 4 is 14.1 Å². The fourth-order valence-corrected chi connectivity index (χ4v) is 4.47. The Morgan fingerprint density at radius 3 is 2.59 bits per heavy atom. The molecule has 3 nitrogen and oxygen atoms in total. The standard InChI is InChI=1S/C18H24O3Si/c1-18(2)11-12(21-22(3,4)5)10-15-16(18)17(19)13-8-6-7-9-14(13)20-15/h6-9,11,15-16H,10H2,1-5H3/t15-,16+/m0/s1. The first kappa shape index (κ1) is 15.3. The smallest absolute Gasteiger partial charge is 0.241 e. The molecule has 0 saturated heterocycles. The number of carbonyl (C=O) groups excluding carboxylic acids is 1. The summed E-state index contributed by atoms with van der Waals surface area (Å²) in [4.78, 5) is 12.9. The lowest BCUT2D eigenvalue weighted by Crippen LogP contribution is -2.48. The van der Waals surface area contributed by atoms with Crippen LogP contribution >= 0.6 is 0 Å². The summed E-state index contributed by atoms with van der Waals surface area (Å²) in [6.07, 6.45) is 2.69. The molecular formula is C18H24O3Si. The summed E-state index contributed by atoms with van der Waals surface area (Å²) in [6, 6.07) is 7.55. The zero-order valence-corrected chi connectivity index (χ0v) is 15.0. The van der Waals surface area contributed by atoms with Crippen LogP contribution in [0.1, 0.15) is 30.6 Å². The minimum atomic E-state index is -1.66. The van der Waals surface area contributed by atoms with Crippen molar-refractivity contribution in [3.63, 3.8) is 0 Å². The number of ether oxygens (including phenoxy) is 1. The molecule has 118 valence electrons. The third kappa shape index (κ3) is 2.72. The van der Waals surface area contributed by atoms with Crippen LogP contribution in [0.25, 0.3) is 0 Å². The van der Waals surface area contributed by atoms with Crippen molar-refractivity contribution in [1.29, 1.82) is 0 Å². The highest BCUT2D eigenvalue weighted by Crippen LogP contribution is 2.46. The van der Waals surface area contributed by atoms with E-state index in [1.165, 1.54) is 0 Å². The minimum Gasteiger partial charge on any atom is -0.547 e. The van der Waals surface area contributed by atoms with Crippen LogP contribution in [-0.4, -0.2) is 20.2 Å². The largest absolute Gasteiger partial charge is 0.547 e. The molecule has 1 aromatic rings. The molecule has 0 unspecified atom stereocenters. The molecule has 2 atom stereocenters. The maximum atomic E-state index is 12.9. The SMILES string of the molecule is CC1(C)C=C(O[Si](C)(C)C)C[C@@H]2Oc3ccccc3C(=O)[C@@H]21. The first-order chi connectivity index (χ1) is 10.2. The van der Waals surface area contributed by atoms with E-state index in [1.54, 1.807) is 0 Å². The second-order valence-corrected chi connectivity index (χ2v) is 12.3. The van der Waals surface area contributed by atoms with E-state index in [1.807, 2.05) is 24.3 Å². The number of carbonyl (C=O) groups is 1. The molecule has 0 amide bonds. The van der Waals surface area contributed by atoms with Crippen molar-refractivity contribution in [2.24, 2.45) is 11.3 Å². The number of Topliss-reactive ketones (excluding diaryl/α,β-unsaturated/α-hetero) is 1. The summed E-state index contributed by atoms with van der Waals surface area (Å²) >= 11 is 0. The van der Waals surface area contributed by atoms with Gasteiger partial charge in [0.25, 0.3) is 0 Å². The van der Waals surface area contributed by atoms with Crippen molar-refractivity contribution in [3.8, 4) is 5.75 Å². The van der Waals surface area contributed by atoms with Crippen LogP contribution in [0, 0.1) is 11.3 Å². The third-order valence-electron chi connectivity index (χ3n) is 4.26. The Morgan fingerprint density at radius 2 is 1.91 bits per heavy atom. The molecule has 0 radical (unpaired) electrons. The molecule has 0 saturated carbocycles. The number of para-hydroxylation sites is 1. The van der Waals surface area contributed by atoms with Gasteiger partial charge in [0.1, 0.15) is 11.9 Å². The maximum Gasteiger partial charge on any atom is 0.241 e. The van der Waals surface area contributed by atoms with Gasteiger partial charge in [-0.15, -0.1) is 0 Å². The lowest BCUT2D eigenvalue weighted by molar-refractivity contribution is 0.0321. The Bertz CT molecular complexity index is 640. The highest BCUT2D eigenvalue weighted by molar-refractivity contribution is 6.70. The van der Waals surface area contributed by atoms with Gasteiger partial charge in [0, 0.05) is 6.42 Å². The number of benzene rings is 1. The van der Waals surface area contributed by atoms with Gasteiger partial charge >= 0.3 is 0 Å². The second-order valence-electron chi connectivity index (χ2n) is 7.84. The molecule has 2 aliphatic rings. The van der Waals surface area contributed by atoms with E-state index in [4.69, 9.17) is 9.16 Å². The molecule has 0 aromatic heterocycles. The van der Waals surface area contributed by atoms with Gasteiger partial charge < -0.3 is 9.16 Å². The van der Waals surface area contributed by atoms with E-state index < -0.39 is 8.32 Å². The van der Waals surface area contributed by atoms with Gasteiger partial charge in [-0.3, -0.25) is 4.79 Å². The molecule has 22 heavy (non-hydrogen) atoms. The quantitative estimate of drug-likeness (QED) is 0.758. The molecular weight excluding hydrogens is 292 g/mol. The summed E-state index contributed by atoms with van der Waals surface area (Å²) in [6.45, 7) is 10.7. The van der Waals surface area contributed by atoms with Gasteiger partial charge in [-0.1, -0.05) is 26.0 Å². The number of hydrogen-bond donors (Lipinski definition) is 0. The Labute approximate surface area is 133 Å². The molecule has 0 N–H and O–H groups in total. The molecule has 0 bridgehead atoms. The van der Waals surface area contributed by atoms with Gasteiger partial charge in [0.05, 0.1) is 17.2 Å². The predicted octanol–water partition coefficient (Wildman–Crippen LogP) is 4.41. The Morgan fingerprint density at radius 1 is 1.23 bits per heavy atom. The van der Waals surface area contributed by atoms with Crippen LogP contribution in [-0.2, 0) is 4.43 Å². The molecule has 1 heterocycles. The summed E-state index contributed by atoms with van der Waals surface area (Å²) in [7, 11) is -1.66. The van der Waals surface area contributed by atoms with E-state index in [-0.39, 0.29) is 23.2 Å². The molecule has 1 aromatic carbocycles. The number of fused-ring (bicyclic) bond motifs is 2. The predicted molar refractivity (Wildman–Crippen MR) is 89.6 cm³/mol. The number of rotatable bonds is 2. The molecule has 0 fully saturated rings. The Kier molecular flexibility index (Phi) is 3.48. The van der Waals surface area contributed by atoms with Crippen molar-refractivity contribution in [2.45, 2.75) is 46.0 Å². The van der Waals surface area contributed by atoms with E-state index in [2.05, 4.69) is 39.6 Å². The average molecular weight is 316 g/mol. The Balaban J connectivity index is 1.97. The second kappa shape index (κ2) is 4.98. The fourth-order valence-electron chi connectivity index (χ4n) is 3.54. The molecule has 1 aliphatic heterocycles. The minimum absolute atomic E-state index is 0.131. The van der Waals surface area contributed by atoms with Gasteiger partial charge in [0.15, 0.2) is 5.78 Å². The van der Waals surface area contributed by atoms with Gasteiger partial charge in [-0.2, -0.15) is 0 Å². The van der Waals surface area contributed by atoms with Crippen LogP contribution in [0.15, 0.2) is 36.1 Å². The van der Waals surface area contributed by atoms with E-state index in [0.717, 1.165) is 5.76 Å². The number of hydrogen-bond acceptors (Lipinski definition) is 3. The molecule has 4 heteroatoms.